The van der Waals surface area contributed by atoms with Crippen LogP contribution in [-0.4, -0.2) is 23.5 Å². The lowest BCUT2D eigenvalue weighted by molar-refractivity contribution is -0.0529. The highest BCUT2D eigenvalue weighted by atomic mass is 15.3. The van der Waals surface area contributed by atoms with E-state index in [0.717, 1.165) is 29.3 Å². The van der Waals surface area contributed by atoms with Crippen molar-refractivity contribution in [3.05, 3.63) is 0 Å². The first-order chi connectivity index (χ1) is 6.24. The quantitative estimate of drug-likeness (QED) is 0.593. The fourth-order valence-corrected chi connectivity index (χ4v) is 4.87. The summed E-state index contributed by atoms with van der Waals surface area (Å²) in [6, 6.07) is 1.84. The predicted molar refractivity (Wildman–Crippen MR) is 52.4 cm³/mol. The molecule has 0 aromatic carbocycles. The fraction of sp³-hybridized carbons (Fsp3) is 1.00. The van der Waals surface area contributed by atoms with Gasteiger partial charge in [0, 0.05) is 18.6 Å². The summed E-state index contributed by atoms with van der Waals surface area (Å²) in [5, 5.41) is 0. The van der Waals surface area contributed by atoms with E-state index in [9.17, 15) is 0 Å². The smallest absolute Gasteiger partial charge is 0.0175 e. The Labute approximate surface area is 80.5 Å². The maximum Gasteiger partial charge on any atom is 0.0175 e. The molecule has 1 spiro atoms. The topological polar surface area (TPSA) is 3.24 Å². The van der Waals surface area contributed by atoms with E-state index in [2.05, 4.69) is 18.7 Å². The second-order valence-corrected chi connectivity index (χ2v) is 6.13. The maximum atomic E-state index is 2.77. The number of nitrogens with zero attached hydrogens (tertiary/aromatic N) is 1. The van der Waals surface area contributed by atoms with E-state index >= 15 is 0 Å². The van der Waals surface area contributed by atoms with E-state index < -0.39 is 0 Å². The Morgan fingerprint density at radius 1 is 1.31 bits per heavy atom. The lowest BCUT2D eigenvalue weighted by Crippen LogP contribution is -2.61. The zero-order valence-corrected chi connectivity index (χ0v) is 8.66. The first kappa shape index (κ1) is 7.28. The molecular formula is C12H19N. The van der Waals surface area contributed by atoms with E-state index in [4.69, 9.17) is 0 Å². The standard InChI is InChI=1S/C12H19N/c1-7(2)13-6-8-10-5-12(10)4-3-9(12)11(8)13/h7-11H,3-6H2,1-2H3. The van der Waals surface area contributed by atoms with Crippen LogP contribution < -0.4 is 0 Å². The lowest BCUT2D eigenvalue weighted by atomic mass is 9.67. The van der Waals surface area contributed by atoms with Crippen molar-refractivity contribution in [3.8, 4) is 0 Å². The van der Waals surface area contributed by atoms with Crippen molar-refractivity contribution in [1.82, 2.24) is 4.90 Å². The molecule has 13 heavy (non-hydrogen) atoms. The summed E-state index contributed by atoms with van der Waals surface area (Å²) in [4.78, 5) is 2.77. The minimum atomic E-state index is 0.802. The average molecular weight is 177 g/mol. The van der Waals surface area contributed by atoms with Crippen LogP contribution in [0, 0.1) is 23.2 Å². The maximum absolute atomic E-state index is 2.77. The van der Waals surface area contributed by atoms with Crippen molar-refractivity contribution in [2.45, 2.75) is 45.2 Å². The third-order valence-electron chi connectivity index (χ3n) is 5.67. The SMILES string of the molecule is CC(C)N1CC2C1C1CCC13CC23. The second kappa shape index (κ2) is 1.84. The van der Waals surface area contributed by atoms with Gasteiger partial charge in [0.15, 0.2) is 0 Å². The van der Waals surface area contributed by atoms with Gasteiger partial charge in [0.25, 0.3) is 0 Å². The molecule has 5 atom stereocenters. The Morgan fingerprint density at radius 3 is 2.77 bits per heavy atom. The van der Waals surface area contributed by atoms with Crippen LogP contribution in [0.3, 0.4) is 0 Å². The molecule has 3 aliphatic carbocycles. The van der Waals surface area contributed by atoms with Crippen molar-refractivity contribution in [2.24, 2.45) is 23.2 Å². The molecule has 1 aliphatic heterocycles. The van der Waals surface area contributed by atoms with Crippen LogP contribution in [-0.2, 0) is 0 Å². The molecule has 3 saturated carbocycles. The third-order valence-corrected chi connectivity index (χ3v) is 5.67. The van der Waals surface area contributed by atoms with Gasteiger partial charge in [-0.25, -0.2) is 0 Å². The molecule has 72 valence electrons. The number of rotatable bonds is 1. The van der Waals surface area contributed by atoms with Crippen LogP contribution in [0.1, 0.15) is 33.1 Å². The third kappa shape index (κ3) is 0.587. The highest BCUT2D eigenvalue weighted by molar-refractivity contribution is 5.28. The first-order valence-corrected chi connectivity index (χ1v) is 6.00. The summed E-state index contributed by atoms with van der Waals surface area (Å²) in [7, 11) is 0. The van der Waals surface area contributed by atoms with Gasteiger partial charge in [-0.15, -0.1) is 0 Å². The van der Waals surface area contributed by atoms with Crippen molar-refractivity contribution in [1.29, 1.82) is 0 Å². The first-order valence-electron chi connectivity index (χ1n) is 6.00. The Balaban J connectivity index is 1.64. The molecule has 1 heteroatoms. The van der Waals surface area contributed by atoms with Gasteiger partial charge in [-0.3, -0.25) is 4.90 Å². The Hall–Kier alpha value is -0.0400. The largest absolute Gasteiger partial charge is 0.297 e. The molecule has 1 saturated heterocycles. The van der Waals surface area contributed by atoms with Gasteiger partial charge in [-0.05, 0) is 56.3 Å². The molecule has 1 heterocycles. The summed E-state index contributed by atoms with van der Waals surface area (Å²) >= 11 is 0. The average Bonchev–Trinajstić information content (AvgIpc) is 2.68. The van der Waals surface area contributed by atoms with Crippen LogP contribution in [0.2, 0.25) is 0 Å². The van der Waals surface area contributed by atoms with E-state index in [1.54, 1.807) is 19.3 Å². The highest BCUT2D eigenvalue weighted by Crippen LogP contribution is 2.80. The molecular weight excluding hydrogens is 158 g/mol. The Bertz CT molecular complexity index is 268. The van der Waals surface area contributed by atoms with E-state index in [1.165, 1.54) is 12.5 Å². The molecule has 0 radical (unpaired) electrons. The second-order valence-electron chi connectivity index (χ2n) is 6.13. The summed E-state index contributed by atoms with van der Waals surface area (Å²) in [6.07, 6.45) is 4.76. The van der Waals surface area contributed by atoms with E-state index in [0.29, 0.717) is 0 Å². The molecule has 0 aromatic rings. The van der Waals surface area contributed by atoms with Crippen LogP contribution in [0.25, 0.3) is 0 Å². The minimum Gasteiger partial charge on any atom is -0.297 e. The summed E-state index contributed by atoms with van der Waals surface area (Å²) in [5.41, 5.74) is 0.930. The van der Waals surface area contributed by atoms with Crippen LogP contribution in [0.5, 0.6) is 0 Å². The predicted octanol–water partition coefficient (Wildman–Crippen LogP) is 2.13. The van der Waals surface area contributed by atoms with Gasteiger partial charge in [0.05, 0.1) is 0 Å². The number of fused-ring (bicyclic) bond motifs is 3. The Kier molecular flexibility index (Phi) is 1.03. The molecule has 4 rings (SSSR count). The number of hydrogen-bond donors (Lipinski definition) is 0. The van der Waals surface area contributed by atoms with E-state index in [1.807, 2.05) is 0 Å². The van der Waals surface area contributed by atoms with Crippen LogP contribution >= 0.6 is 0 Å². The van der Waals surface area contributed by atoms with Gasteiger partial charge >= 0.3 is 0 Å². The fourth-order valence-electron chi connectivity index (χ4n) is 4.87. The zero-order valence-electron chi connectivity index (χ0n) is 8.66. The molecule has 0 aromatic heterocycles. The minimum absolute atomic E-state index is 0.802. The van der Waals surface area contributed by atoms with Crippen LogP contribution in [0.15, 0.2) is 0 Å². The highest BCUT2D eigenvalue weighted by Gasteiger charge is 2.77. The monoisotopic (exact) mass is 177 g/mol. The van der Waals surface area contributed by atoms with Crippen molar-refractivity contribution in [2.75, 3.05) is 6.54 Å². The van der Waals surface area contributed by atoms with Crippen molar-refractivity contribution < 1.29 is 0 Å². The van der Waals surface area contributed by atoms with Crippen molar-refractivity contribution >= 4 is 0 Å². The zero-order chi connectivity index (χ0) is 8.79. The summed E-state index contributed by atoms with van der Waals surface area (Å²) in [6.45, 7) is 6.17. The van der Waals surface area contributed by atoms with Gasteiger partial charge in [-0.2, -0.15) is 0 Å². The van der Waals surface area contributed by atoms with E-state index in [-0.39, 0.29) is 0 Å². The molecule has 5 unspecified atom stereocenters. The molecule has 0 amide bonds. The molecule has 4 aliphatic rings. The molecule has 0 N–H and O–H groups in total. The van der Waals surface area contributed by atoms with Gasteiger partial charge in [-0.1, -0.05) is 0 Å². The molecule has 4 fully saturated rings. The van der Waals surface area contributed by atoms with Gasteiger partial charge in [0.1, 0.15) is 0 Å². The number of likely N-dealkylation sites (tertiary alicyclic amines) is 1. The lowest BCUT2D eigenvalue weighted by Gasteiger charge is -2.54. The number of hydrogen-bond acceptors (Lipinski definition) is 1. The van der Waals surface area contributed by atoms with Gasteiger partial charge < -0.3 is 0 Å². The molecule has 0 bridgehead atoms. The Morgan fingerprint density at radius 2 is 2.15 bits per heavy atom. The van der Waals surface area contributed by atoms with Gasteiger partial charge in [0.2, 0.25) is 0 Å². The van der Waals surface area contributed by atoms with Crippen LogP contribution in [0.4, 0.5) is 0 Å². The normalized spacial score (nSPS) is 62.1. The molecule has 1 nitrogen and oxygen atoms in total. The summed E-state index contributed by atoms with van der Waals surface area (Å²) < 4.78 is 0. The summed E-state index contributed by atoms with van der Waals surface area (Å²) in [5.74, 6) is 3.46. The van der Waals surface area contributed by atoms with Crippen molar-refractivity contribution in [3.63, 3.8) is 0 Å².